The molecule has 4 aromatic rings. The van der Waals surface area contributed by atoms with Crippen molar-refractivity contribution < 1.29 is 20.4 Å². The van der Waals surface area contributed by atoms with Crippen LogP contribution in [0.15, 0.2) is 97.1 Å². The molecule has 0 spiro atoms. The zero-order chi connectivity index (χ0) is 37.2. The van der Waals surface area contributed by atoms with E-state index in [9.17, 15) is 20.4 Å². The summed E-state index contributed by atoms with van der Waals surface area (Å²) >= 11 is 0. The summed E-state index contributed by atoms with van der Waals surface area (Å²) in [6.07, 6.45) is 4.37. The molecule has 4 atom stereocenters. The van der Waals surface area contributed by atoms with E-state index in [1.165, 1.54) is 22.3 Å². The lowest BCUT2D eigenvalue weighted by molar-refractivity contribution is 0.251. The second kappa shape index (κ2) is 17.8. The molecule has 4 nitrogen and oxygen atoms in total. The number of benzene rings is 4. The third kappa shape index (κ3) is 10.8. The molecule has 0 saturated heterocycles. The van der Waals surface area contributed by atoms with Crippen molar-refractivity contribution in [3.05, 3.63) is 119 Å². The van der Waals surface area contributed by atoms with Crippen LogP contribution in [0.25, 0.3) is 0 Å². The van der Waals surface area contributed by atoms with E-state index >= 15 is 0 Å². The van der Waals surface area contributed by atoms with Crippen LogP contribution in [0.4, 0.5) is 0 Å². The third-order valence-electron chi connectivity index (χ3n) is 11.3. The Hall–Kier alpha value is -3.92. The SMILES string of the molecule is CCC(C(C)C)C(CC(C)(C)c1ccc(O)cc1)c1ccc(O)cc1.CCC(CC(c1ccc(O)cc1)C(C)C)C(C)(C)c1ccc(O)cc1. The smallest absolute Gasteiger partial charge is 0.115 e. The van der Waals surface area contributed by atoms with Gasteiger partial charge in [-0.1, -0.05) is 131 Å². The Morgan fingerprint density at radius 3 is 1.22 bits per heavy atom. The first-order valence-electron chi connectivity index (χ1n) is 18.7. The number of rotatable bonds is 14. The van der Waals surface area contributed by atoms with E-state index in [1.807, 2.05) is 24.3 Å². The van der Waals surface area contributed by atoms with Gasteiger partial charge in [0.15, 0.2) is 0 Å². The van der Waals surface area contributed by atoms with E-state index in [0.717, 1.165) is 25.7 Å². The Balaban J connectivity index is 0.000000270. The molecule has 0 saturated carbocycles. The third-order valence-corrected chi connectivity index (χ3v) is 11.3. The van der Waals surface area contributed by atoms with Gasteiger partial charge in [-0.25, -0.2) is 0 Å². The summed E-state index contributed by atoms with van der Waals surface area (Å²) in [6.45, 7) is 22.9. The molecule has 0 bridgehead atoms. The van der Waals surface area contributed by atoms with Gasteiger partial charge in [0.1, 0.15) is 23.0 Å². The Morgan fingerprint density at radius 2 is 0.860 bits per heavy atom. The Bertz CT molecular complexity index is 1550. The molecule has 0 radical (unpaired) electrons. The molecule has 0 aromatic heterocycles. The summed E-state index contributed by atoms with van der Waals surface area (Å²) in [5.41, 5.74) is 5.14. The zero-order valence-corrected chi connectivity index (χ0v) is 32.3. The van der Waals surface area contributed by atoms with E-state index in [1.54, 1.807) is 48.5 Å². The van der Waals surface area contributed by atoms with Crippen molar-refractivity contribution in [3.63, 3.8) is 0 Å². The van der Waals surface area contributed by atoms with Crippen LogP contribution in [0.3, 0.4) is 0 Å². The molecule has 0 aliphatic rings. The molecule has 0 amide bonds. The topological polar surface area (TPSA) is 80.9 Å². The van der Waals surface area contributed by atoms with Gasteiger partial charge in [-0.2, -0.15) is 0 Å². The molecular formula is C46H64O4. The lowest BCUT2D eigenvalue weighted by Gasteiger charge is -2.38. The van der Waals surface area contributed by atoms with Crippen molar-refractivity contribution >= 4 is 0 Å². The van der Waals surface area contributed by atoms with E-state index in [4.69, 9.17) is 0 Å². The molecule has 0 aliphatic heterocycles. The predicted molar refractivity (Wildman–Crippen MR) is 210 cm³/mol. The standard InChI is InChI=1S/2C23H32O2/c1-6-21(16(2)3)22(17-7-11-19(24)12-8-17)15-23(4,5)18-9-13-20(25)14-10-18;1-6-18(23(4,5)19-9-13-21(25)14-10-19)15-22(16(2)3)17-7-11-20(24)12-8-17/h7-14,16,21-22,24-25H,6,15H2,1-5H3;7-14,16,18,22,24-25H,6,15H2,1-5H3. The van der Waals surface area contributed by atoms with Gasteiger partial charge in [0.25, 0.3) is 0 Å². The first kappa shape index (κ1) is 40.5. The predicted octanol–water partition coefficient (Wildman–Crippen LogP) is 12.5. The van der Waals surface area contributed by atoms with Gasteiger partial charge in [0, 0.05) is 0 Å². The summed E-state index contributed by atoms with van der Waals surface area (Å²) in [7, 11) is 0. The molecule has 0 heterocycles. The van der Waals surface area contributed by atoms with Gasteiger partial charge in [-0.3, -0.25) is 0 Å². The summed E-state index contributed by atoms with van der Waals surface area (Å²) in [5.74, 6) is 4.39. The number of phenols is 4. The maximum atomic E-state index is 9.66. The summed E-state index contributed by atoms with van der Waals surface area (Å²) in [6, 6.07) is 30.7. The van der Waals surface area contributed by atoms with Gasteiger partial charge in [-0.15, -0.1) is 0 Å². The quantitative estimate of drug-likeness (QED) is 0.107. The Kier molecular flexibility index (Phi) is 14.4. The number of hydrogen-bond acceptors (Lipinski definition) is 4. The van der Waals surface area contributed by atoms with Crippen LogP contribution in [0.1, 0.15) is 129 Å². The van der Waals surface area contributed by atoms with Gasteiger partial charge in [0.2, 0.25) is 0 Å². The fourth-order valence-electron chi connectivity index (χ4n) is 7.96. The minimum atomic E-state index is -0.00143. The van der Waals surface area contributed by atoms with E-state index in [-0.39, 0.29) is 10.8 Å². The fourth-order valence-corrected chi connectivity index (χ4v) is 7.96. The second-order valence-corrected chi connectivity index (χ2v) is 16.2. The van der Waals surface area contributed by atoms with Gasteiger partial charge < -0.3 is 20.4 Å². The van der Waals surface area contributed by atoms with Crippen molar-refractivity contribution in [1.29, 1.82) is 0 Å². The van der Waals surface area contributed by atoms with Gasteiger partial charge >= 0.3 is 0 Å². The lowest BCUT2D eigenvalue weighted by atomic mass is 9.67. The monoisotopic (exact) mass is 680 g/mol. The molecule has 0 aliphatic carbocycles. The van der Waals surface area contributed by atoms with Crippen molar-refractivity contribution in [2.24, 2.45) is 23.7 Å². The molecule has 4 N–H and O–H groups in total. The highest BCUT2D eigenvalue weighted by Gasteiger charge is 2.34. The minimum Gasteiger partial charge on any atom is -0.508 e. The molecule has 4 unspecified atom stereocenters. The first-order valence-corrected chi connectivity index (χ1v) is 18.7. The maximum Gasteiger partial charge on any atom is 0.115 e. The molecular weight excluding hydrogens is 617 g/mol. The van der Waals surface area contributed by atoms with Crippen molar-refractivity contribution in [3.8, 4) is 23.0 Å². The van der Waals surface area contributed by atoms with E-state index < -0.39 is 0 Å². The number of phenolic OH excluding ortho intramolecular Hbond substituents is 4. The average Bonchev–Trinajstić information content (AvgIpc) is 3.06. The van der Waals surface area contributed by atoms with E-state index in [0.29, 0.717) is 58.5 Å². The molecule has 4 aromatic carbocycles. The lowest BCUT2D eigenvalue weighted by Crippen LogP contribution is -2.30. The normalized spacial score (nSPS) is 14.5. The minimum absolute atomic E-state index is 0.00143. The highest BCUT2D eigenvalue weighted by atomic mass is 16.3. The van der Waals surface area contributed by atoms with Crippen molar-refractivity contribution in [2.45, 2.75) is 118 Å². The second-order valence-electron chi connectivity index (χ2n) is 16.2. The van der Waals surface area contributed by atoms with Crippen LogP contribution >= 0.6 is 0 Å². The fraction of sp³-hybridized carbons (Fsp3) is 0.478. The van der Waals surface area contributed by atoms with Crippen molar-refractivity contribution in [2.75, 3.05) is 0 Å². The molecule has 4 rings (SSSR count). The Labute approximate surface area is 303 Å². The van der Waals surface area contributed by atoms with Crippen LogP contribution < -0.4 is 0 Å². The summed E-state index contributed by atoms with van der Waals surface area (Å²) in [4.78, 5) is 0. The van der Waals surface area contributed by atoms with Crippen LogP contribution in [0, 0.1) is 23.7 Å². The maximum absolute atomic E-state index is 9.66. The average molecular weight is 681 g/mol. The van der Waals surface area contributed by atoms with Crippen LogP contribution in [0.5, 0.6) is 23.0 Å². The zero-order valence-electron chi connectivity index (χ0n) is 32.3. The molecule has 272 valence electrons. The van der Waals surface area contributed by atoms with Gasteiger partial charge in [0.05, 0.1) is 0 Å². The van der Waals surface area contributed by atoms with Gasteiger partial charge in [-0.05, 0) is 130 Å². The molecule has 0 fully saturated rings. The molecule has 50 heavy (non-hydrogen) atoms. The largest absolute Gasteiger partial charge is 0.508 e. The summed E-state index contributed by atoms with van der Waals surface area (Å²) < 4.78 is 0. The van der Waals surface area contributed by atoms with Crippen LogP contribution in [-0.4, -0.2) is 20.4 Å². The number of aromatic hydroxyl groups is 4. The van der Waals surface area contributed by atoms with Crippen molar-refractivity contribution in [1.82, 2.24) is 0 Å². The van der Waals surface area contributed by atoms with E-state index in [2.05, 4.69) is 93.5 Å². The highest BCUT2D eigenvalue weighted by Crippen LogP contribution is 2.44. The molecule has 4 heteroatoms. The highest BCUT2D eigenvalue weighted by molar-refractivity contribution is 5.35. The first-order chi connectivity index (χ1) is 23.5. The Morgan fingerprint density at radius 1 is 0.480 bits per heavy atom. The summed E-state index contributed by atoms with van der Waals surface area (Å²) in [5, 5.41) is 38.4. The number of hydrogen-bond donors (Lipinski definition) is 4. The van der Waals surface area contributed by atoms with Crippen LogP contribution in [0.2, 0.25) is 0 Å². The van der Waals surface area contributed by atoms with Crippen LogP contribution in [-0.2, 0) is 10.8 Å².